The van der Waals surface area contributed by atoms with E-state index in [9.17, 15) is 14.4 Å². The molecule has 6 rings (SSSR count). The van der Waals surface area contributed by atoms with E-state index >= 15 is 0 Å². The second kappa shape index (κ2) is 17.4. The molecule has 2 aliphatic heterocycles. The Balaban J connectivity index is 1.04. The molecule has 3 aromatic rings. The third-order valence-electron chi connectivity index (χ3n) is 12.0. The minimum atomic E-state index is -0.673. The molecule has 1 aromatic carbocycles. The van der Waals surface area contributed by atoms with Crippen LogP contribution in [0.2, 0.25) is 0 Å². The summed E-state index contributed by atoms with van der Waals surface area (Å²) in [6.45, 7) is 11.8. The number of nitrogens with one attached hydrogen (secondary N) is 3. The van der Waals surface area contributed by atoms with Crippen LogP contribution in [-0.2, 0) is 14.3 Å². The third-order valence-corrected chi connectivity index (χ3v) is 12.0. The van der Waals surface area contributed by atoms with Crippen molar-refractivity contribution < 1.29 is 28.3 Å². The number of hydrogen-bond acceptors (Lipinski definition) is 9. The van der Waals surface area contributed by atoms with Crippen molar-refractivity contribution in [2.75, 3.05) is 27.3 Å². The van der Waals surface area contributed by atoms with Gasteiger partial charge in [0, 0.05) is 24.5 Å². The van der Waals surface area contributed by atoms with Crippen molar-refractivity contribution >= 4 is 18.1 Å². The maximum absolute atomic E-state index is 13.5. The number of carbonyl (C=O) groups is 3. The van der Waals surface area contributed by atoms with Gasteiger partial charge >= 0.3 is 12.2 Å². The molecule has 4 heterocycles. The fourth-order valence-corrected chi connectivity index (χ4v) is 8.93. The molecule has 3 N–H and O–H groups in total. The van der Waals surface area contributed by atoms with Crippen molar-refractivity contribution in [1.29, 1.82) is 0 Å². The first-order valence-electron chi connectivity index (χ1n) is 19.8. The number of nitrogens with zero attached hydrogens (tertiary/aromatic N) is 4. The Morgan fingerprint density at radius 3 is 2.15 bits per heavy atom. The number of benzene rings is 1. The first-order valence-corrected chi connectivity index (χ1v) is 19.8. The van der Waals surface area contributed by atoms with Gasteiger partial charge in [0.1, 0.15) is 24.2 Å². The standard InChI is InChI=1S/C41H59N7O6/c1-24(2)35(45-40(50)52-6)26(5)47-20-8-10-33(47)37-42-22-31(43-37)29-16-12-27(13-17-29)28-14-18-30(19-15-28)32-23-54-38(44-32)34-11-9-21-48(34)39(49)36(25(3)4)46-41(51)53-7/h12-13,16-17,22-26,28,30,33-36H,8-11,14-15,18-21H2,1-7H3,(H,42,43)(H,45,50)(H,46,51)/t26?,28-,30-,33?,34?,35-,36-/m0/s1. The number of hydrogen-bond donors (Lipinski definition) is 3. The smallest absolute Gasteiger partial charge is 0.407 e. The first kappa shape index (κ1) is 39.3. The molecule has 3 aliphatic rings. The number of imidazole rings is 1. The van der Waals surface area contributed by atoms with Gasteiger partial charge in [-0.05, 0) is 93.7 Å². The van der Waals surface area contributed by atoms with Crippen LogP contribution in [0, 0.1) is 11.8 Å². The SMILES string of the molecule is COC(=O)N[C@@H](C(C)C)C(C)N1CCCC1c1ncc(-c2ccc([C@H]3CC[C@H](c4coc(C5CCCN5C(=O)[C@@H](NC(=O)OC)C(C)C)n4)CC3)cc2)[nH]1. The zero-order valence-corrected chi connectivity index (χ0v) is 33.0. The molecule has 3 amide bonds. The van der Waals surface area contributed by atoms with Crippen LogP contribution in [0.1, 0.15) is 133 Å². The number of aromatic nitrogens is 3. The quantitative estimate of drug-likeness (QED) is 0.171. The van der Waals surface area contributed by atoms with E-state index in [0.29, 0.717) is 24.3 Å². The molecular formula is C41H59N7O6. The highest BCUT2D eigenvalue weighted by molar-refractivity contribution is 5.86. The Kier molecular flexibility index (Phi) is 12.7. The van der Waals surface area contributed by atoms with E-state index in [1.54, 1.807) is 11.2 Å². The van der Waals surface area contributed by atoms with Crippen molar-refractivity contribution in [3.63, 3.8) is 0 Å². The summed E-state index contributed by atoms with van der Waals surface area (Å²) < 4.78 is 15.7. The van der Waals surface area contributed by atoms with E-state index in [2.05, 4.69) is 65.6 Å². The average molecular weight is 746 g/mol. The van der Waals surface area contributed by atoms with Crippen LogP contribution in [0.3, 0.4) is 0 Å². The topological polar surface area (TPSA) is 155 Å². The molecule has 0 bridgehead atoms. The van der Waals surface area contributed by atoms with E-state index < -0.39 is 18.2 Å². The molecule has 3 fully saturated rings. The van der Waals surface area contributed by atoms with Gasteiger partial charge < -0.3 is 34.4 Å². The summed E-state index contributed by atoms with van der Waals surface area (Å²) in [6, 6.07) is 8.26. The third kappa shape index (κ3) is 8.61. The predicted octanol–water partition coefficient (Wildman–Crippen LogP) is 7.46. The minimum absolute atomic E-state index is 0.0366. The molecule has 2 saturated heterocycles. The summed E-state index contributed by atoms with van der Waals surface area (Å²) in [5.74, 6) is 2.39. The number of alkyl carbamates (subject to hydrolysis) is 2. The van der Waals surface area contributed by atoms with Crippen LogP contribution in [0.4, 0.5) is 9.59 Å². The van der Waals surface area contributed by atoms with Crippen LogP contribution < -0.4 is 10.6 Å². The fourth-order valence-electron chi connectivity index (χ4n) is 8.93. The van der Waals surface area contributed by atoms with Gasteiger partial charge in [-0.25, -0.2) is 19.6 Å². The van der Waals surface area contributed by atoms with Gasteiger partial charge in [0.15, 0.2) is 0 Å². The lowest BCUT2D eigenvalue weighted by Gasteiger charge is -2.37. The van der Waals surface area contributed by atoms with Crippen LogP contribution in [0.5, 0.6) is 0 Å². The Hall–Kier alpha value is -4.39. The molecule has 0 radical (unpaired) electrons. The number of methoxy groups -OCH3 is 2. The van der Waals surface area contributed by atoms with Crippen molar-refractivity contribution in [3.8, 4) is 11.3 Å². The van der Waals surface area contributed by atoms with Gasteiger partial charge in [-0.15, -0.1) is 0 Å². The monoisotopic (exact) mass is 745 g/mol. The predicted molar refractivity (Wildman–Crippen MR) is 205 cm³/mol. The molecule has 3 unspecified atom stereocenters. The molecular weight excluding hydrogens is 686 g/mol. The molecule has 13 heteroatoms. The van der Waals surface area contributed by atoms with Crippen LogP contribution in [0.25, 0.3) is 11.3 Å². The number of oxazole rings is 1. The lowest BCUT2D eigenvalue weighted by molar-refractivity contribution is -0.135. The van der Waals surface area contributed by atoms with Gasteiger partial charge in [0.25, 0.3) is 0 Å². The summed E-state index contributed by atoms with van der Waals surface area (Å²) in [5.41, 5.74) is 4.45. The zero-order chi connectivity index (χ0) is 38.5. The molecule has 1 aliphatic carbocycles. The Labute approximate surface area is 319 Å². The summed E-state index contributed by atoms with van der Waals surface area (Å²) in [7, 11) is 2.71. The number of amides is 3. The summed E-state index contributed by atoms with van der Waals surface area (Å²) in [4.78, 5) is 55.2. The van der Waals surface area contributed by atoms with Crippen molar-refractivity contribution in [2.45, 2.75) is 128 Å². The molecule has 2 aromatic heterocycles. The van der Waals surface area contributed by atoms with E-state index in [4.69, 9.17) is 23.9 Å². The van der Waals surface area contributed by atoms with E-state index in [1.807, 2.05) is 20.0 Å². The van der Waals surface area contributed by atoms with Crippen LogP contribution in [0.15, 0.2) is 41.1 Å². The van der Waals surface area contributed by atoms with E-state index in [0.717, 1.165) is 80.7 Å². The second-order valence-corrected chi connectivity index (χ2v) is 16.1. The second-order valence-electron chi connectivity index (χ2n) is 16.1. The number of H-pyrrole nitrogens is 1. The molecule has 13 nitrogen and oxygen atoms in total. The largest absolute Gasteiger partial charge is 0.453 e. The van der Waals surface area contributed by atoms with Gasteiger partial charge in [-0.1, -0.05) is 52.0 Å². The summed E-state index contributed by atoms with van der Waals surface area (Å²) >= 11 is 0. The maximum atomic E-state index is 13.5. The summed E-state index contributed by atoms with van der Waals surface area (Å²) in [6.07, 6.45) is 10.7. The first-order chi connectivity index (χ1) is 26.0. The highest BCUT2D eigenvalue weighted by atomic mass is 16.5. The van der Waals surface area contributed by atoms with Crippen molar-refractivity contribution in [1.82, 2.24) is 35.4 Å². The zero-order valence-electron chi connectivity index (χ0n) is 33.0. The van der Waals surface area contributed by atoms with E-state index in [-0.39, 0.29) is 41.9 Å². The number of ether oxygens (including phenoxy) is 2. The number of aromatic amines is 1. The Morgan fingerprint density at radius 1 is 0.833 bits per heavy atom. The van der Waals surface area contributed by atoms with Gasteiger partial charge in [-0.2, -0.15) is 0 Å². The highest BCUT2D eigenvalue weighted by Gasteiger charge is 2.39. The van der Waals surface area contributed by atoms with Crippen molar-refractivity contribution in [3.05, 3.63) is 59.7 Å². The van der Waals surface area contributed by atoms with E-state index in [1.165, 1.54) is 19.8 Å². The Morgan fingerprint density at radius 2 is 1.48 bits per heavy atom. The van der Waals surface area contributed by atoms with Gasteiger partial charge in [0.05, 0.1) is 37.8 Å². The number of likely N-dealkylation sites (tertiary alicyclic amines) is 2. The number of rotatable bonds is 12. The number of carbonyl (C=O) groups excluding carboxylic acids is 3. The lowest BCUT2D eigenvalue weighted by atomic mass is 9.77. The van der Waals surface area contributed by atoms with Gasteiger partial charge in [-0.3, -0.25) is 9.69 Å². The fraction of sp³-hybridized carbons (Fsp3) is 0.634. The highest BCUT2D eigenvalue weighted by Crippen LogP contribution is 2.42. The summed E-state index contributed by atoms with van der Waals surface area (Å²) in [5, 5.41) is 5.76. The van der Waals surface area contributed by atoms with Gasteiger partial charge in [0.2, 0.25) is 11.8 Å². The Bertz CT molecular complexity index is 1710. The molecule has 1 saturated carbocycles. The van der Waals surface area contributed by atoms with Crippen LogP contribution >= 0.6 is 0 Å². The van der Waals surface area contributed by atoms with Crippen molar-refractivity contribution in [2.24, 2.45) is 11.8 Å². The molecule has 0 spiro atoms. The molecule has 54 heavy (non-hydrogen) atoms. The molecule has 5 atom stereocenters. The normalized spacial score (nSPS) is 23.7. The average Bonchev–Trinajstić information content (AvgIpc) is 4.02. The lowest BCUT2D eigenvalue weighted by Crippen LogP contribution is -2.52. The minimum Gasteiger partial charge on any atom is -0.453 e. The molecule has 294 valence electrons. The maximum Gasteiger partial charge on any atom is 0.407 e. The van der Waals surface area contributed by atoms with Crippen LogP contribution in [-0.4, -0.2) is 88.3 Å².